The molecule has 212 valence electrons. The van der Waals surface area contributed by atoms with Crippen molar-refractivity contribution >= 4 is 29.5 Å². The molecule has 1 fully saturated rings. The first-order valence-corrected chi connectivity index (χ1v) is 15.2. The minimum absolute atomic E-state index is 0.0306. The maximum absolute atomic E-state index is 13.5. The molecule has 2 aliphatic heterocycles. The molecule has 40 heavy (non-hydrogen) atoms. The van der Waals surface area contributed by atoms with E-state index in [0.717, 1.165) is 60.4 Å². The van der Waals surface area contributed by atoms with E-state index in [2.05, 4.69) is 68.6 Å². The minimum atomic E-state index is -0.147. The summed E-state index contributed by atoms with van der Waals surface area (Å²) in [7, 11) is 0. The van der Waals surface area contributed by atoms with Crippen molar-refractivity contribution in [3.05, 3.63) is 71.2 Å². The van der Waals surface area contributed by atoms with Crippen molar-refractivity contribution in [2.75, 3.05) is 23.3 Å². The molecule has 0 spiro atoms. The number of carbonyl (C=O) groups excluding carboxylic acids is 1. The fraction of sp³-hybridized carbons (Fsp3) is 0.500. The highest BCUT2D eigenvalue weighted by Gasteiger charge is 2.29. The maximum Gasteiger partial charge on any atom is 0.265 e. The minimum Gasteiger partial charge on any atom is -0.362 e. The van der Waals surface area contributed by atoms with Crippen LogP contribution in [0.5, 0.6) is 0 Å². The first kappa shape index (κ1) is 28.4. The first-order valence-electron chi connectivity index (χ1n) is 14.4. The van der Waals surface area contributed by atoms with Crippen molar-refractivity contribution in [2.24, 2.45) is 5.92 Å². The van der Waals surface area contributed by atoms with E-state index < -0.39 is 0 Å². The smallest absolute Gasteiger partial charge is 0.265 e. The lowest BCUT2D eigenvalue weighted by atomic mass is 9.86. The van der Waals surface area contributed by atoms with Crippen LogP contribution >= 0.6 is 11.9 Å². The van der Waals surface area contributed by atoms with Gasteiger partial charge in [-0.25, -0.2) is 9.97 Å². The van der Waals surface area contributed by atoms with E-state index in [1.54, 1.807) is 0 Å². The molecule has 5 rings (SSSR count). The Morgan fingerprint density at radius 1 is 0.950 bits per heavy atom. The summed E-state index contributed by atoms with van der Waals surface area (Å²) in [6, 6.07) is 14.2. The van der Waals surface area contributed by atoms with Gasteiger partial charge >= 0.3 is 0 Å². The molecule has 2 unspecified atom stereocenters. The van der Waals surface area contributed by atoms with Crippen LogP contribution in [0.1, 0.15) is 101 Å². The third-order valence-corrected chi connectivity index (χ3v) is 8.59. The van der Waals surface area contributed by atoms with Crippen molar-refractivity contribution in [1.82, 2.24) is 19.7 Å². The van der Waals surface area contributed by atoms with E-state index in [9.17, 15) is 4.79 Å². The van der Waals surface area contributed by atoms with Crippen LogP contribution in [-0.4, -0.2) is 33.9 Å². The Balaban J connectivity index is 1.52. The summed E-state index contributed by atoms with van der Waals surface area (Å²) in [4.78, 5) is 30.5. The standard InChI is InChI=1S/C32H42N6OS/c1-31(2,3)22-16-17-33-25(19-22)24-14-12-21-9-8-18-38(20-21)29-23(13-15-26(35-29)32(4,5)6)30(39)37-40-28-11-7-10-27(34-24)36-28/h7,10-11,13,15-17,19,21,24H,8-9,12,14,18,20H2,1-6H3,(H,34,36)(H,37,39). The molecule has 1 amide bonds. The lowest BCUT2D eigenvalue weighted by Gasteiger charge is -2.36. The van der Waals surface area contributed by atoms with Crippen LogP contribution in [0.2, 0.25) is 0 Å². The highest BCUT2D eigenvalue weighted by Crippen LogP contribution is 2.34. The molecular weight excluding hydrogens is 516 g/mol. The van der Waals surface area contributed by atoms with Gasteiger partial charge in [-0.05, 0) is 79.0 Å². The molecular formula is C32H42N6OS. The lowest BCUT2D eigenvalue weighted by Crippen LogP contribution is -2.38. The average molecular weight is 559 g/mol. The lowest BCUT2D eigenvalue weighted by molar-refractivity contribution is 0.0984. The quantitative estimate of drug-likeness (QED) is 0.309. The molecule has 2 N–H and O–H groups in total. The predicted octanol–water partition coefficient (Wildman–Crippen LogP) is 7.07. The van der Waals surface area contributed by atoms with Crippen LogP contribution in [0.3, 0.4) is 0 Å². The van der Waals surface area contributed by atoms with Crippen molar-refractivity contribution < 1.29 is 4.79 Å². The summed E-state index contributed by atoms with van der Waals surface area (Å²) >= 11 is 1.24. The Labute approximate surface area is 243 Å². The second-order valence-corrected chi connectivity index (χ2v) is 14.0. The van der Waals surface area contributed by atoms with Gasteiger partial charge in [-0.15, -0.1) is 0 Å². The number of pyridine rings is 3. The number of nitrogens with zero attached hydrogens (tertiary/aromatic N) is 4. The van der Waals surface area contributed by atoms with Gasteiger partial charge in [0.25, 0.3) is 5.91 Å². The fourth-order valence-corrected chi connectivity index (χ4v) is 6.06. The molecule has 7 nitrogen and oxygen atoms in total. The molecule has 4 bridgehead atoms. The van der Waals surface area contributed by atoms with Crippen molar-refractivity contribution in [3.8, 4) is 0 Å². The summed E-state index contributed by atoms with van der Waals surface area (Å²) < 4.78 is 3.02. The number of aromatic nitrogens is 3. The summed E-state index contributed by atoms with van der Waals surface area (Å²) in [6.45, 7) is 15.0. The van der Waals surface area contributed by atoms with Crippen molar-refractivity contribution in [2.45, 2.75) is 89.1 Å². The van der Waals surface area contributed by atoms with Gasteiger partial charge in [0.2, 0.25) is 0 Å². The number of carbonyl (C=O) groups is 1. The molecule has 5 heterocycles. The van der Waals surface area contributed by atoms with E-state index in [1.165, 1.54) is 23.9 Å². The largest absolute Gasteiger partial charge is 0.362 e. The van der Waals surface area contributed by atoms with Crippen molar-refractivity contribution in [1.29, 1.82) is 0 Å². The maximum atomic E-state index is 13.5. The number of piperidine rings is 1. The molecule has 2 aliphatic rings. The topological polar surface area (TPSA) is 83.0 Å². The zero-order valence-electron chi connectivity index (χ0n) is 24.6. The number of anilines is 2. The Kier molecular flexibility index (Phi) is 8.09. The molecule has 0 aliphatic carbocycles. The molecule has 2 atom stereocenters. The predicted molar refractivity (Wildman–Crippen MR) is 164 cm³/mol. The third kappa shape index (κ3) is 6.60. The highest BCUT2D eigenvalue weighted by atomic mass is 32.2. The molecule has 0 saturated carbocycles. The molecule has 8 heteroatoms. The molecule has 1 saturated heterocycles. The van der Waals surface area contributed by atoms with Gasteiger partial charge < -0.3 is 10.2 Å². The number of nitrogens with one attached hydrogen (secondary N) is 2. The van der Waals surface area contributed by atoms with Gasteiger partial charge in [0.1, 0.15) is 16.7 Å². The Morgan fingerprint density at radius 3 is 2.55 bits per heavy atom. The number of fused-ring (bicyclic) bond motifs is 6. The van der Waals surface area contributed by atoms with Crippen LogP contribution in [0.25, 0.3) is 0 Å². The number of amides is 1. The van der Waals surface area contributed by atoms with Crippen LogP contribution in [0, 0.1) is 5.92 Å². The van der Waals surface area contributed by atoms with Crippen molar-refractivity contribution in [3.63, 3.8) is 0 Å². The van der Waals surface area contributed by atoms with Gasteiger partial charge in [0, 0.05) is 42.3 Å². The number of hydrogen-bond acceptors (Lipinski definition) is 7. The number of rotatable bonds is 1. The SMILES string of the molecule is CC(C)(C)c1ccnc(C2CCC3CCCN(C3)c3nc(C(C)(C)C)ccc3C(=O)NSc3cccc(n3)N2)c1. The first-order chi connectivity index (χ1) is 19.0. The van der Waals surface area contributed by atoms with Gasteiger partial charge in [-0.3, -0.25) is 14.5 Å². The summed E-state index contributed by atoms with van der Waals surface area (Å²) in [5.41, 5.74) is 3.86. The number of hydrogen-bond donors (Lipinski definition) is 2. The molecule has 3 aromatic heterocycles. The van der Waals surface area contributed by atoms with Gasteiger partial charge in [0.15, 0.2) is 0 Å². The normalized spacial score (nSPS) is 20.4. The second-order valence-electron chi connectivity index (χ2n) is 13.2. The third-order valence-electron chi connectivity index (χ3n) is 7.87. The highest BCUT2D eigenvalue weighted by molar-refractivity contribution is 7.97. The molecule has 3 aromatic rings. The monoisotopic (exact) mass is 558 g/mol. The van der Waals surface area contributed by atoms with E-state index in [4.69, 9.17) is 15.0 Å². The second kappa shape index (κ2) is 11.4. The van der Waals surface area contributed by atoms with Crippen LogP contribution < -0.4 is 14.9 Å². The summed E-state index contributed by atoms with van der Waals surface area (Å²) in [5, 5.41) is 4.41. The van der Waals surface area contributed by atoms with Gasteiger partial charge in [-0.2, -0.15) is 0 Å². The Bertz CT molecular complexity index is 1360. The van der Waals surface area contributed by atoms with E-state index in [1.807, 2.05) is 36.5 Å². The summed E-state index contributed by atoms with van der Waals surface area (Å²) in [5.74, 6) is 1.93. The average Bonchev–Trinajstić information content (AvgIpc) is 2.93. The fourth-order valence-electron chi connectivity index (χ4n) is 5.46. The molecule has 0 aromatic carbocycles. The van der Waals surface area contributed by atoms with E-state index in [-0.39, 0.29) is 22.8 Å². The Hall–Kier alpha value is -3.13. The zero-order chi connectivity index (χ0) is 28.5. The molecule has 0 radical (unpaired) electrons. The Morgan fingerprint density at radius 2 is 1.77 bits per heavy atom. The van der Waals surface area contributed by atoms with Gasteiger partial charge in [0.05, 0.1) is 17.3 Å². The van der Waals surface area contributed by atoms with Gasteiger partial charge in [-0.1, -0.05) is 47.6 Å². The van der Waals surface area contributed by atoms with Crippen LogP contribution in [0.4, 0.5) is 11.6 Å². The summed E-state index contributed by atoms with van der Waals surface area (Å²) in [6.07, 6.45) is 6.17. The van der Waals surface area contributed by atoms with E-state index in [0.29, 0.717) is 11.5 Å². The van der Waals surface area contributed by atoms with Crippen LogP contribution in [0.15, 0.2) is 53.7 Å². The van der Waals surface area contributed by atoms with E-state index >= 15 is 0 Å². The van der Waals surface area contributed by atoms with Crippen LogP contribution in [-0.2, 0) is 10.8 Å². The zero-order valence-corrected chi connectivity index (χ0v) is 25.4.